The van der Waals surface area contributed by atoms with E-state index in [2.05, 4.69) is 45.0 Å². The van der Waals surface area contributed by atoms with Crippen molar-refractivity contribution in [1.82, 2.24) is 24.7 Å². The Labute approximate surface area is 202 Å². The maximum absolute atomic E-state index is 13.3. The molecular weight excluding hydrogens is 426 g/mol. The summed E-state index contributed by atoms with van der Waals surface area (Å²) in [5.41, 5.74) is 10.5. The Kier molecular flexibility index (Phi) is 6.59. The van der Waals surface area contributed by atoms with Crippen molar-refractivity contribution >= 4 is 17.8 Å². The van der Waals surface area contributed by atoms with Crippen LogP contribution in [0.4, 0.5) is 16.6 Å². The molecule has 2 N–H and O–H groups in total. The molecule has 1 aromatic carbocycles. The number of urea groups is 1. The van der Waals surface area contributed by atoms with E-state index in [1.807, 2.05) is 22.9 Å². The molecule has 0 bridgehead atoms. The lowest BCUT2D eigenvalue weighted by molar-refractivity contribution is 0.130. The van der Waals surface area contributed by atoms with E-state index in [-0.39, 0.29) is 6.03 Å². The van der Waals surface area contributed by atoms with Crippen LogP contribution in [-0.2, 0) is 13.0 Å². The fourth-order valence-electron chi connectivity index (χ4n) is 5.53. The van der Waals surface area contributed by atoms with Crippen LogP contribution >= 0.6 is 0 Å². The van der Waals surface area contributed by atoms with Gasteiger partial charge in [-0.05, 0) is 43.5 Å². The van der Waals surface area contributed by atoms with Gasteiger partial charge in [0.05, 0.1) is 5.69 Å². The Morgan fingerprint density at radius 1 is 1.00 bits per heavy atom. The normalized spacial score (nSPS) is 19.7. The van der Waals surface area contributed by atoms with Gasteiger partial charge in [0.15, 0.2) is 0 Å². The second-order valence-electron chi connectivity index (χ2n) is 10.1. The number of carbonyl (C=O) groups is 1. The molecule has 1 aliphatic carbocycles. The number of carbonyl (C=O) groups excluding carboxylic acids is 1. The monoisotopic (exact) mass is 463 g/mol. The summed E-state index contributed by atoms with van der Waals surface area (Å²) >= 11 is 0. The number of nitrogen functional groups attached to an aromatic ring is 1. The van der Waals surface area contributed by atoms with Gasteiger partial charge in [-0.3, -0.25) is 0 Å². The minimum absolute atomic E-state index is 0.159. The van der Waals surface area contributed by atoms with Gasteiger partial charge in [-0.2, -0.15) is 4.98 Å². The lowest BCUT2D eigenvalue weighted by Gasteiger charge is -2.37. The van der Waals surface area contributed by atoms with Crippen LogP contribution in [0.5, 0.6) is 0 Å². The summed E-state index contributed by atoms with van der Waals surface area (Å²) in [5, 5.41) is 0. The van der Waals surface area contributed by atoms with Gasteiger partial charge in [0, 0.05) is 64.0 Å². The molecule has 3 aliphatic rings. The highest BCUT2D eigenvalue weighted by atomic mass is 16.2. The number of anilines is 2. The van der Waals surface area contributed by atoms with E-state index in [0.29, 0.717) is 18.5 Å². The van der Waals surface area contributed by atoms with Crippen molar-refractivity contribution in [2.24, 2.45) is 0 Å². The van der Waals surface area contributed by atoms with Crippen molar-refractivity contribution in [1.29, 1.82) is 0 Å². The van der Waals surface area contributed by atoms with Crippen LogP contribution in [0.25, 0.3) is 11.3 Å². The van der Waals surface area contributed by atoms with Gasteiger partial charge in [0.25, 0.3) is 0 Å². The van der Waals surface area contributed by atoms with Gasteiger partial charge in [-0.1, -0.05) is 31.4 Å². The molecule has 2 amide bonds. The average molecular weight is 464 g/mol. The van der Waals surface area contributed by atoms with Crippen molar-refractivity contribution in [2.45, 2.75) is 51.1 Å². The molecule has 1 aromatic heterocycles. The number of aromatic nitrogens is 2. The number of likely N-dealkylation sites (N-methyl/N-ethyl adjacent to an activating group) is 1. The molecular formula is C26H37N7O. The Bertz CT molecular complexity index is 1030. The van der Waals surface area contributed by atoms with Crippen LogP contribution < -0.4 is 10.6 Å². The van der Waals surface area contributed by atoms with Gasteiger partial charge in [0.2, 0.25) is 5.95 Å². The summed E-state index contributed by atoms with van der Waals surface area (Å²) in [5.74, 6) is 1.19. The van der Waals surface area contributed by atoms with Crippen molar-refractivity contribution in [2.75, 3.05) is 57.5 Å². The van der Waals surface area contributed by atoms with E-state index in [1.165, 1.54) is 30.4 Å². The number of hydrogen-bond acceptors (Lipinski definition) is 6. The predicted octanol–water partition coefficient (Wildman–Crippen LogP) is 3.22. The average Bonchev–Trinajstić information content (AvgIpc) is 2.87. The third-order valence-corrected chi connectivity index (χ3v) is 7.77. The van der Waals surface area contributed by atoms with Gasteiger partial charge in [-0.15, -0.1) is 0 Å². The zero-order valence-electron chi connectivity index (χ0n) is 20.5. The molecule has 1 saturated carbocycles. The molecule has 5 rings (SSSR count). The summed E-state index contributed by atoms with van der Waals surface area (Å²) in [4.78, 5) is 30.9. The van der Waals surface area contributed by atoms with Crippen molar-refractivity contribution in [3.05, 3.63) is 35.4 Å². The van der Waals surface area contributed by atoms with Crippen LogP contribution in [0.2, 0.25) is 0 Å². The number of benzene rings is 1. The molecule has 0 radical (unpaired) electrons. The van der Waals surface area contributed by atoms with Gasteiger partial charge >= 0.3 is 6.03 Å². The standard InChI is InChI=1S/C26H37N7O/c1-30-12-14-32(15-13-30)24-17-23(28-25(27)29-24)20-9-8-19-10-11-33(18-21(19)16-20)26(34)31(2)22-6-4-3-5-7-22/h8-9,16-17,22H,3-7,10-15,18H2,1-2H3,(H2,27,28,29). The first kappa shape index (κ1) is 22.9. The Morgan fingerprint density at radius 2 is 1.76 bits per heavy atom. The van der Waals surface area contributed by atoms with E-state index in [4.69, 9.17) is 5.73 Å². The lowest BCUT2D eigenvalue weighted by Crippen LogP contribution is -2.48. The largest absolute Gasteiger partial charge is 0.368 e. The highest BCUT2D eigenvalue weighted by Gasteiger charge is 2.28. The molecule has 2 fully saturated rings. The zero-order valence-corrected chi connectivity index (χ0v) is 20.5. The third-order valence-electron chi connectivity index (χ3n) is 7.77. The van der Waals surface area contributed by atoms with Gasteiger partial charge in [0.1, 0.15) is 5.82 Å². The fraction of sp³-hybridized carbons (Fsp3) is 0.577. The second-order valence-corrected chi connectivity index (χ2v) is 10.1. The van der Waals surface area contributed by atoms with E-state index in [9.17, 15) is 4.79 Å². The summed E-state index contributed by atoms with van der Waals surface area (Å²) < 4.78 is 0. The Morgan fingerprint density at radius 3 is 2.53 bits per heavy atom. The van der Waals surface area contributed by atoms with Crippen LogP contribution in [0.1, 0.15) is 43.2 Å². The van der Waals surface area contributed by atoms with E-state index < -0.39 is 0 Å². The maximum atomic E-state index is 13.3. The predicted molar refractivity (Wildman–Crippen MR) is 136 cm³/mol. The molecule has 182 valence electrons. The number of fused-ring (bicyclic) bond motifs is 1. The Balaban J connectivity index is 1.34. The minimum Gasteiger partial charge on any atom is -0.368 e. The topological polar surface area (TPSA) is 81.8 Å². The van der Waals surface area contributed by atoms with Gasteiger partial charge < -0.3 is 25.3 Å². The maximum Gasteiger partial charge on any atom is 0.320 e. The summed E-state index contributed by atoms with van der Waals surface area (Å²) in [7, 11) is 4.12. The van der Waals surface area contributed by atoms with E-state index in [0.717, 1.165) is 69.1 Å². The first-order valence-corrected chi connectivity index (χ1v) is 12.7. The summed E-state index contributed by atoms with van der Waals surface area (Å²) in [6, 6.07) is 9.08. The number of amides is 2. The van der Waals surface area contributed by atoms with Crippen LogP contribution in [0.3, 0.4) is 0 Å². The van der Waals surface area contributed by atoms with E-state index >= 15 is 0 Å². The Hall–Kier alpha value is -2.87. The molecule has 1 saturated heterocycles. The first-order valence-electron chi connectivity index (χ1n) is 12.7. The third kappa shape index (κ3) is 4.82. The quantitative estimate of drug-likeness (QED) is 0.753. The smallest absolute Gasteiger partial charge is 0.320 e. The molecule has 3 heterocycles. The highest BCUT2D eigenvalue weighted by molar-refractivity contribution is 5.75. The number of piperazine rings is 1. The number of rotatable bonds is 3. The van der Waals surface area contributed by atoms with Crippen molar-refractivity contribution in [3.63, 3.8) is 0 Å². The summed E-state index contributed by atoms with van der Waals surface area (Å²) in [6.07, 6.45) is 6.89. The van der Waals surface area contributed by atoms with Crippen LogP contribution in [0.15, 0.2) is 24.3 Å². The lowest BCUT2D eigenvalue weighted by atomic mass is 9.94. The highest BCUT2D eigenvalue weighted by Crippen LogP contribution is 2.29. The first-order chi connectivity index (χ1) is 16.5. The molecule has 8 nitrogen and oxygen atoms in total. The summed E-state index contributed by atoms with van der Waals surface area (Å²) in [6.45, 7) is 5.31. The van der Waals surface area contributed by atoms with Crippen molar-refractivity contribution in [3.8, 4) is 11.3 Å². The van der Waals surface area contributed by atoms with Crippen LogP contribution in [0, 0.1) is 0 Å². The van der Waals surface area contributed by atoms with Crippen molar-refractivity contribution < 1.29 is 4.79 Å². The SMILES string of the molecule is CN1CCN(c2cc(-c3ccc4c(c3)CN(C(=O)N(C)C3CCCCC3)CC4)nc(N)n2)CC1. The molecule has 0 unspecified atom stereocenters. The van der Waals surface area contributed by atoms with E-state index in [1.54, 1.807) is 0 Å². The second kappa shape index (κ2) is 9.78. The molecule has 34 heavy (non-hydrogen) atoms. The number of hydrogen-bond donors (Lipinski definition) is 1. The fourth-order valence-corrected chi connectivity index (χ4v) is 5.53. The minimum atomic E-state index is 0.159. The van der Waals surface area contributed by atoms with Gasteiger partial charge in [-0.25, -0.2) is 9.78 Å². The molecule has 2 aromatic rings. The zero-order chi connectivity index (χ0) is 23.7. The molecule has 0 spiro atoms. The van der Waals surface area contributed by atoms with Crippen LogP contribution in [-0.4, -0.2) is 83.6 Å². The number of nitrogens with two attached hydrogens (primary N) is 1. The number of nitrogens with zero attached hydrogens (tertiary/aromatic N) is 6. The molecule has 2 aliphatic heterocycles. The molecule has 8 heteroatoms. The molecule has 0 atom stereocenters.